The molecule has 0 aliphatic heterocycles. The van der Waals surface area contributed by atoms with Crippen LogP contribution in [0.2, 0.25) is 0 Å². The number of primary amides is 1. The summed E-state index contributed by atoms with van der Waals surface area (Å²) in [6, 6.07) is 0. The van der Waals surface area contributed by atoms with Crippen molar-refractivity contribution in [3.8, 4) is 0 Å². The number of aromatic amines is 1. The largest absolute Gasteiger partial charge is 0.363 e. The van der Waals surface area contributed by atoms with Crippen LogP contribution in [0.4, 0.5) is 0 Å². The van der Waals surface area contributed by atoms with E-state index in [-0.39, 0.29) is 5.82 Å². The van der Waals surface area contributed by atoms with Gasteiger partial charge in [0.05, 0.1) is 0 Å². The predicted molar refractivity (Wildman–Crippen MR) is 45.7 cm³/mol. The number of nitrogens with two attached hydrogens (primary N) is 1. The first kappa shape index (κ1) is 8.77. The molecule has 0 aromatic carbocycles. The highest BCUT2D eigenvalue weighted by Gasteiger charge is 2.04. The van der Waals surface area contributed by atoms with Crippen molar-refractivity contribution in [1.29, 1.82) is 0 Å². The molecule has 0 saturated heterocycles. The van der Waals surface area contributed by atoms with Crippen molar-refractivity contribution in [2.45, 2.75) is 26.2 Å². The highest BCUT2D eigenvalue weighted by Crippen LogP contribution is 2.01. The monoisotopic (exact) mass is 167 g/mol. The highest BCUT2D eigenvalue weighted by molar-refractivity contribution is 5.88. The number of unbranched alkanes of at least 4 members (excludes halogenated alkanes) is 1. The van der Waals surface area contributed by atoms with E-state index in [4.69, 9.17) is 5.73 Å². The zero-order valence-electron chi connectivity index (χ0n) is 7.13. The quantitative estimate of drug-likeness (QED) is 0.697. The Hall–Kier alpha value is -1.32. The summed E-state index contributed by atoms with van der Waals surface area (Å²) in [5.41, 5.74) is 6.00. The van der Waals surface area contributed by atoms with Crippen LogP contribution in [0.1, 0.15) is 36.1 Å². The molecule has 0 radical (unpaired) electrons. The van der Waals surface area contributed by atoms with Gasteiger partial charge in [-0.3, -0.25) is 4.79 Å². The number of aryl methyl sites for hydroxylation is 1. The first-order chi connectivity index (χ1) is 5.74. The maximum absolute atomic E-state index is 10.6. The Kier molecular flexibility index (Phi) is 2.85. The molecule has 0 bridgehead atoms. The number of imidazole rings is 1. The molecule has 1 amide bonds. The molecular weight excluding hydrogens is 154 g/mol. The molecule has 4 heteroatoms. The molecule has 1 aromatic rings. The molecule has 0 unspecified atom stereocenters. The number of carbonyl (C=O) groups excluding carboxylic acids is 1. The third-order valence-corrected chi connectivity index (χ3v) is 1.66. The summed E-state index contributed by atoms with van der Waals surface area (Å²) >= 11 is 0. The van der Waals surface area contributed by atoms with Gasteiger partial charge < -0.3 is 10.7 Å². The van der Waals surface area contributed by atoms with Gasteiger partial charge in [-0.05, 0) is 12.8 Å². The second-order valence-corrected chi connectivity index (χ2v) is 2.72. The van der Waals surface area contributed by atoms with Gasteiger partial charge in [0.1, 0.15) is 0 Å². The van der Waals surface area contributed by atoms with Gasteiger partial charge in [-0.1, -0.05) is 13.3 Å². The van der Waals surface area contributed by atoms with Gasteiger partial charge in [0.25, 0.3) is 5.91 Å². The Morgan fingerprint density at radius 1 is 1.75 bits per heavy atom. The molecule has 12 heavy (non-hydrogen) atoms. The SMILES string of the molecule is CCCCc1cnc(C(N)=O)[nH]1. The van der Waals surface area contributed by atoms with Crippen LogP contribution in [0, 0.1) is 0 Å². The van der Waals surface area contributed by atoms with Gasteiger partial charge >= 0.3 is 0 Å². The van der Waals surface area contributed by atoms with Crippen molar-refractivity contribution in [2.24, 2.45) is 5.73 Å². The predicted octanol–water partition coefficient (Wildman–Crippen LogP) is 0.851. The molecule has 0 spiro atoms. The van der Waals surface area contributed by atoms with E-state index in [1.54, 1.807) is 6.20 Å². The highest BCUT2D eigenvalue weighted by atomic mass is 16.1. The van der Waals surface area contributed by atoms with Crippen LogP contribution in [-0.4, -0.2) is 15.9 Å². The average Bonchev–Trinajstić information content (AvgIpc) is 2.48. The normalized spacial score (nSPS) is 10.1. The van der Waals surface area contributed by atoms with Crippen molar-refractivity contribution in [2.75, 3.05) is 0 Å². The molecule has 4 nitrogen and oxygen atoms in total. The average molecular weight is 167 g/mol. The van der Waals surface area contributed by atoms with Crippen LogP contribution in [-0.2, 0) is 6.42 Å². The fourth-order valence-electron chi connectivity index (χ4n) is 0.979. The number of H-pyrrole nitrogens is 1. The minimum Gasteiger partial charge on any atom is -0.363 e. The second-order valence-electron chi connectivity index (χ2n) is 2.72. The van der Waals surface area contributed by atoms with E-state index in [1.807, 2.05) is 0 Å². The standard InChI is InChI=1S/C8H13N3O/c1-2-3-4-6-5-10-8(11-6)7(9)12/h5H,2-4H2,1H3,(H2,9,12)(H,10,11). The number of hydrogen-bond acceptors (Lipinski definition) is 2. The van der Waals surface area contributed by atoms with Crippen molar-refractivity contribution in [3.05, 3.63) is 17.7 Å². The summed E-state index contributed by atoms with van der Waals surface area (Å²) in [4.78, 5) is 17.3. The number of amides is 1. The molecule has 0 aliphatic rings. The van der Waals surface area contributed by atoms with Gasteiger partial charge in [-0.15, -0.1) is 0 Å². The lowest BCUT2D eigenvalue weighted by Gasteiger charge is -1.92. The fourth-order valence-corrected chi connectivity index (χ4v) is 0.979. The summed E-state index contributed by atoms with van der Waals surface area (Å²) in [7, 11) is 0. The Bertz CT molecular complexity index is 267. The minimum absolute atomic E-state index is 0.251. The lowest BCUT2D eigenvalue weighted by atomic mass is 10.2. The first-order valence-electron chi connectivity index (χ1n) is 4.07. The summed E-state index contributed by atoms with van der Waals surface area (Å²) < 4.78 is 0. The maximum Gasteiger partial charge on any atom is 0.284 e. The molecule has 1 heterocycles. The van der Waals surface area contributed by atoms with Gasteiger partial charge in [0, 0.05) is 11.9 Å². The van der Waals surface area contributed by atoms with Crippen LogP contribution >= 0.6 is 0 Å². The summed E-state index contributed by atoms with van der Waals surface area (Å²) in [6.07, 6.45) is 4.82. The summed E-state index contributed by atoms with van der Waals surface area (Å²) in [6.45, 7) is 2.12. The Labute approximate surface area is 71.2 Å². The van der Waals surface area contributed by atoms with Gasteiger partial charge in [-0.2, -0.15) is 0 Å². The number of nitrogens with zero attached hydrogens (tertiary/aromatic N) is 1. The van der Waals surface area contributed by atoms with Crippen molar-refractivity contribution in [1.82, 2.24) is 9.97 Å². The summed E-state index contributed by atoms with van der Waals surface area (Å²) in [5.74, 6) is -0.251. The maximum atomic E-state index is 10.6. The number of rotatable bonds is 4. The van der Waals surface area contributed by atoms with Crippen molar-refractivity contribution < 1.29 is 4.79 Å². The molecular formula is C8H13N3O. The van der Waals surface area contributed by atoms with E-state index >= 15 is 0 Å². The molecule has 0 fully saturated rings. The lowest BCUT2D eigenvalue weighted by Crippen LogP contribution is -2.12. The molecule has 3 N–H and O–H groups in total. The van der Waals surface area contributed by atoms with Crippen molar-refractivity contribution in [3.63, 3.8) is 0 Å². The number of aromatic nitrogens is 2. The molecule has 0 aliphatic carbocycles. The van der Waals surface area contributed by atoms with E-state index in [0.29, 0.717) is 0 Å². The summed E-state index contributed by atoms with van der Waals surface area (Å²) in [5, 5.41) is 0. The Morgan fingerprint density at radius 3 is 3.00 bits per heavy atom. The van der Waals surface area contributed by atoms with Gasteiger partial charge in [-0.25, -0.2) is 4.98 Å². The molecule has 0 saturated carbocycles. The first-order valence-corrected chi connectivity index (χ1v) is 4.07. The van der Waals surface area contributed by atoms with E-state index in [0.717, 1.165) is 25.0 Å². The van der Waals surface area contributed by atoms with Crippen LogP contribution < -0.4 is 5.73 Å². The zero-order chi connectivity index (χ0) is 8.97. The van der Waals surface area contributed by atoms with Gasteiger partial charge in [0.2, 0.25) is 0 Å². The second kappa shape index (κ2) is 3.90. The topological polar surface area (TPSA) is 71.8 Å². The fraction of sp³-hybridized carbons (Fsp3) is 0.500. The van der Waals surface area contributed by atoms with Crippen LogP contribution in [0.25, 0.3) is 0 Å². The van der Waals surface area contributed by atoms with Crippen LogP contribution in [0.3, 0.4) is 0 Å². The van der Waals surface area contributed by atoms with Crippen LogP contribution in [0.15, 0.2) is 6.20 Å². The number of carbonyl (C=O) groups is 1. The zero-order valence-corrected chi connectivity index (χ0v) is 7.13. The third-order valence-electron chi connectivity index (χ3n) is 1.66. The molecule has 0 atom stereocenters. The third kappa shape index (κ3) is 2.08. The van der Waals surface area contributed by atoms with E-state index in [1.165, 1.54) is 0 Å². The molecule has 66 valence electrons. The van der Waals surface area contributed by atoms with Crippen LogP contribution in [0.5, 0.6) is 0 Å². The smallest absolute Gasteiger partial charge is 0.284 e. The lowest BCUT2D eigenvalue weighted by molar-refractivity contribution is 0.0991. The molecule has 1 aromatic heterocycles. The Morgan fingerprint density at radius 2 is 2.50 bits per heavy atom. The minimum atomic E-state index is -0.502. The van der Waals surface area contributed by atoms with E-state index in [9.17, 15) is 4.79 Å². The Balaban J connectivity index is 2.58. The number of nitrogens with one attached hydrogen (secondary N) is 1. The van der Waals surface area contributed by atoms with E-state index < -0.39 is 5.91 Å². The number of hydrogen-bond donors (Lipinski definition) is 2. The van der Waals surface area contributed by atoms with Crippen molar-refractivity contribution >= 4 is 5.91 Å². The van der Waals surface area contributed by atoms with Gasteiger partial charge in [0.15, 0.2) is 5.82 Å². The molecule has 1 rings (SSSR count). The van der Waals surface area contributed by atoms with E-state index in [2.05, 4.69) is 16.9 Å².